The maximum absolute atomic E-state index is 12.8. The van der Waals surface area contributed by atoms with E-state index in [1.54, 1.807) is 13.2 Å². The Morgan fingerprint density at radius 2 is 2.06 bits per heavy atom. The summed E-state index contributed by atoms with van der Waals surface area (Å²) in [6, 6.07) is 7.59. The van der Waals surface area contributed by atoms with E-state index in [1.165, 1.54) is 10.2 Å². The van der Waals surface area contributed by atoms with Gasteiger partial charge < -0.3 is 15.0 Å². The number of amides is 1. The van der Waals surface area contributed by atoms with Crippen LogP contribution < -0.4 is 15.6 Å². The topological polar surface area (TPSA) is 89.0 Å². The van der Waals surface area contributed by atoms with Gasteiger partial charge in [-0.2, -0.15) is 5.10 Å². The van der Waals surface area contributed by atoms with Crippen molar-refractivity contribution in [1.82, 2.24) is 20.1 Å². The van der Waals surface area contributed by atoms with Crippen LogP contribution in [0.3, 0.4) is 0 Å². The summed E-state index contributed by atoms with van der Waals surface area (Å²) in [6.45, 7) is -0.0496. The van der Waals surface area contributed by atoms with Gasteiger partial charge in [0.1, 0.15) is 12.3 Å². The number of carbonyl (C=O) groups is 1. The number of aromatic nitrogens is 3. The molecule has 7 heteroatoms. The Bertz CT molecular complexity index is 1190. The zero-order valence-electron chi connectivity index (χ0n) is 17.9. The number of nitrogens with one attached hydrogen (secondary N) is 2. The molecule has 3 aromatic rings. The van der Waals surface area contributed by atoms with Crippen molar-refractivity contribution in [3.8, 4) is 5.75 Å². The zero-order valence-corrected chi connectivity index (χ0v) is 17.9. The van der Waals surface area contributed by atoms with Crippen molar-refractivity contribution in [2.45, 2.75) is 64.0 Å². The van der Waals surface area contributed by atoms with E-state index in [9.17, 15) is 9.59 Å². The first-order valence-corrected chi connectivity index (χ1v) is 11.2. The zero-order chi connectivity index (χ0) is 21.4. The second-order valence-corrected chi connectivity index (χ2v) is 8.61. The molecule has 0 fully saturated rings. The average molecular weight is 421 g/mol. The molecule has 0 spiro atoms. The van der Waals surface area contributed by atoms with Crippen LogP contribution in [0, 0.1) is 0 Å². The summed E-state index contributed by atoms with van der Waals surface area (Å²) in [5.74, 6) is 0.645. The number of nitrogens with zero attached hydrogens (tertiary/aromatic N) is 2. The second kappa shape index (κ2) is 8.21. The minimum atomic E-state index is -0.196. The molecule has 7 nitrogen and oxygen atoms in total. The van der Waals surface area contributed by atoms with Gasteiger partial charge in [0.15, 0.2) is 0 Å². The van der Waals surface area contributed by atoms with Crippen LogP contribution >= 0.6 is 0 Å². The third-order valence-corrected chi connectivity index (χ3v) is 6.57. The highest BCUT2D eigenvalue weighted by atomic mass is 16.5. The van der Waals surface area contributed by atoms with Gasteiger partial charge in [-0.15, -0.1) is 0 Å². The standard InChI is InChI=1S/C24H28N4O3/c1-31-16-10-11-20-18(13-16)17-7-5-9-21(24(17)26-20)25-22(29)14-28-23(30)12-15-6-3-2-4-8-19(15)27-28/h10-13,21,26H,2-9,14H2,1H3,(H,25,29). The van der Waals surface area contributed by atoms with Gasteiger partial charge in [0, 0.05) is 22.7 Å². The highest BCUT2D eigenvalue weighted by Gasteiger charge is 2.26. The van der Waals surface area contributed by atoms with Crippen molar-refractivity contribution < 1.29 is 9.53 Å². The van der Waals surface area contributed by atoms with Crippen molar-refractivity contribution >= 4 is 16.8 Å². The molecule has 1 aromatic carbocycles. The first kappa shape index (κ1) is 19.8. The molecule has 2 N–H and O–H groups in total. The van der Waals surface area contributed by atoms with E-state index >= 15 is 0 Å². The quantitative estimate of drug-likeness (QED) is 0.635. The summed E-state index contributed by atoms with van der Waals surface area (Å²) in [7, 11) is 1.67. The molecule has 2 aliphatic rings. The molecule has 2 heterocycles. The Morgan fingerprint density at radius 3 is 2.94 bits per heavy atom. The van der Waals surface area contributed by atoms with E-state index in [4.69, 9.17) is 4.74 Å². The predicted octanol–water partition coefficient (Wildman–Crippen LogP) is 3.20. The van der Waals surface area contributed by atoms with Gasteiger partial charge in [-0.1, -0.05) is 6.42 Å². The minimum absolute atomic E-state index is 0.0496. The number of fused-ring (bicyclic) bond motifs is 4. The lowest BCUT2D eigenvalue weighted by Gasteiger charge is -2.24. The van der Waals surface area contributed by atoms with Crippen molar-refractivity contribution in [1.29, 1.82) is 0 Å². The number of aromatic amines is 1. The van der Waals surface area contributed by atoms with Crippen LogP contribution in [0.2, 0.25) is 0 Å². The lowest BCUT2D eigenvalue weighted by molar-refractivity contribution is -0.122. The van der Waals surface area contributed by atoms with Gasteiger partial charge in [0.05, 0.1) is 18.8 Å². The molecule has 2 aromatic heterocycles. The summed E-state index contributed by atoms with van der Waals surface area (Å²) in [5.41, 5.74) is 5.17. The molecular formula is C24H28N4O3. The lowest BCUT2D eigenvalue weighted by atomic mass is 9.91. The monoisotopic (exact) mass is 420 g/mol. The van der Waals surface area contributed by atoms with E-state index in [2.05, 4.69) is 15.4 Å². The van der Waals surface area contributed by atoms with Crippen LogP contribution in [0.4, 0.5) is 0 Å². The third-order valence-electron chi connectivity index (χ3n) is 6.57. The number of ether oxygens (including phenoxy) is 1. The summed E-state index contributed by atoms with van der Waals surface area (Å²) < 4.78 is 6.69. The van der Waals surface area contributed by atoms with Crippen LogP contribution in [0.5, 0.6) is 5.75 Å². The number of hydrogen-bond donors (Lipinski definition) is 2. The normalized spacial score (nSPS) is 18.2. The molecule has 2 aliphatic carbocycles. The molecule has 1 unspecified atom stereocenters. The van der Waals surface area contributed by atoms with Crippen LogP contribution in [-0.2, 0) is 30.6 Å². The number of rotatable bonds is 4. The van der Waals surface area contributed by atoms with Crippen LogP contribution in [0.1, 0.15) is 60.7 Å². The van der Waals surface area contributed by atoms with Gasteiger partial charge in [-0.3, -0.25) is 9.59 Å². The molecule has 5 rings (SSSR count). The molecular weight excluding hydrogens is 392 g/mol. The van der Waals surface area contributed by atoms with Crippen molar-refractivity contribution in [3.63, 3.8) is 0 Å². The summed E-state index contributed by atoms with van der Waals surface area (Å²) in [4.78, 5) is 28.9. The van der Waals surface area contributed by atoms with Crippen LogP contribution in [-0.4, -0.2) is 27.8 Å². The highest BCUT2D eigenvalue weighted by Crippen LogP contribution is 2.36. The van der Waals surface area contributed by atoms with E-state index < -0.39 is 0 Å². The van der Waals surface area contributed by atoms with Crippen LogP contribution in [0.25, 0.3) is 10.9 Å². The van der Waals surface area contributed by atoms with Crippen molar-refractivity contribution in [2.24, 2.45) is 0 Å². The van der Waals surface area contributed by atoms with Gasteiger partial charge in [-0.05, 0) is 74.3 Å². The number of hydrogen-bond acceptors (Lipinski definition) is 4. The summed E-state index contributed by atoms with van der Waals surface area (Å²) >= 11 is 0. The Labute approximate surface area is 180 Å². The molecule has 0 aliphatic heterocycles. The number of methoxy groups -OCH3 is 1. The van der Waals surface area contributed by atoms with E-state index in [1.807, 2.05) is 18.2 Å². The number of benzene rings is 1. The molecule has 0 saturated carbocycles. The number of carbonyl (C=O) groups excluding carboxylic acids is 1. The SMILES string of the molecule is COc1ccc2[nH]c3c(c2c1)CCCC3NC(=O)Cn1nc2c(cc1=O)CCCCC2. The average Bonchev–Trinajstić information content (AvgIpc) is 2.99. The van der Waals surface area contributed by atoms with E-state index in [-0.39, 0.29) is 24.1 Å². The summed E-state index contributed by atoms with van der Waals surface area (Å²) in [6.07, 6.45) is 7.96. The van der Waals surface area contributed by atoms with E-state index in [0.717, 1.165) is 85.0 Å². The number of H-pyrrole nitrogens is 1. The van der Waals surface area contributed by atoms with Gasteiger partial charge in [-0.25, -0.2) is 4.68 Å². The molecule has 0 radical (unpaired) electrons. The lowest BCUT2D eigenvalue weighted by Crippen LogP contribution is -2.37. The number of aryl methyl sites for hydroxylation is 3. The smallest absolute Gasteiger partial charge is 0.267 e. The van der Waals surface area contributed by atoms with Crippen LogP contribution in [0.15, 0.2) is 29.1 Å². The third kappa shape index (κ3) is 3.84. The fraction of sp³-hybridized carbons (Fsp3) is 0.458. The van der Waals surface area contributed by atoms with Gasteiger partial charge >= 0.3 is 0 Å². The minimum Gasteiger partial charge on any atom is -0.497 e. The Balaban J connectivity index is 1.36. The Hall–Kier alpha value is -3.09. The Kier molecular flexibility index (Phi) is 5.26. The maximum Gasteiger partial charge on any atom is 0.267 e. The molecule has 1 atom stereocenters. The van der Waals surface area contributed by atoms with E-state index in [0.29, 0.717) is 0 Å². The van der Waals surface area contributed by atoms with Gasteiger partial charge in [0.25, 0.3) is 5.56 Å². The Morgan fingerprint density at radius 1 is 1.19 bits per heavy atom. The van der Waals surface area contributed by atoms with Gasteiger partial charge in [0.2, 0.25) is 5.91 Å². The molecule has 31 heavy (non-hydrogen) atoms. The molecule has 0 saturated heterocycles. The maximum atomic E-state index is 12.8. The molecule has 0 bridgehead atoms. The van der Waals surface area contributed by atoms with Crippen molar-refractivity contribution in [3.05, 3.63) is 57.1 Å². The molecule has 162 valence electrons. The first-order chi connectivity index (χ1) is 15.1. The fourth-order valence-corrected chi connectivity index (χ4v) is 4.98. The second-order valence-electron chi connectivity index (χ2n) is 8.61. The van der Waals surface area contributed by atoms with Crippen molar-refractivity contribution in [2.75, 3.05) is 7.11 Å². The molecule has 1 amide bonds. The predicted molar refractivity (Wildman–Crippen MR) is 118 cm³/mol. The fourth-order valence-electron chi connectivity index (χ4n) is 4.98. The first-order valence-electron chi connectivity index (χ1n) is 11.2. The summed E-state index contributed by atoms with van der Waals surface area (Å²) in [5, 5.41) is 8.81. The highest BCUT2D eigenvalue weighted by molar-refractivity contribution is 5.87. The largest absolute Gasteiger partial charge is 0.497 e.